The first-order chi connectivity index (χ1) is 14.5. The standard InChI is InChI=1S/C22H19ClN4OS2/c1-14-5-10-18(15(2)12-14)27-21(19-4-3-11-29-19)25-26-22(27)30-13-20(28)24-17-8-6-16(23)7-9-17/h3-12H,13H2,1-2H3,(H,24,28). The van der Waals surface area contributed by atoms with E-state index in [0.29, 0.717) is 15.9 Å². The molecule has 0 spiro atoms. The zero-order chi connectivity index (χ0) is 21.1. The van der Waals surface area contributed by atoms with Gasteiger partial charge in [0.1, 0.15) is 0 Å². The fourth-order valence-corrected chi connectivity index (χ4v) is 4.63. The van der Waals surface area contributed by atoms with Gasteiger partial charge in [0.15, 0.2) is 11.0 Å². The molecular formula is C22H19ClN4OS2. The Morgan fingerprint density at radius 1 is 1.13 bits per heavy atom. The van der Waals surface area contributed by atoms with Crippen LogP contribution in [-0.2, 0) is 4.79 Å². The van der Waals surface area contributed by atoms with Gasteiger partial charge in [-0.3, -0.25) is 9.36 Å². The predicted octanol–water partition coefficient (Wildman–Crippen LogP) is 6.00. The largest absolute Gasteiger partial charge is 0.325 e. The lowest BCUT2D eigenvalue weighted by molar-refractivity contribution is -0.113. The molecule has 30 heavy (non-hydrogen) atoms. The minimum absolute atomic E-state index is 0.116. The van der Waals surface area contributed by atoms with Crippen molar-refractivity contribution in [2.75, 3.05) is 11.1 Å². The van der Waals surface area contributed by atoms with Gasteiger partial charge in [-0.25, -0.2) is 0 Å². The number of hydrogen-bond acceptors (Lipinski definition) is 5. The summed E-state index contributed by atoms with van der Waals surface area (Å²) in [4.78, 5) is 13.5. The van der Waals surface area contributed by atoms with Gasteiger partial charge in [0.2, 0.25) is 5.91 Å². The van der Waals surface area contributed by atoms with Gasteiger partial charge in [-0.2, -0.15) is 0 Å². The summed E-state index contributed by atoms with van der Waals surface area (Å²) in [5.74, 6) is 0.878. The van der Waals surface area contributed by atoms with Gasteiger partial charge in [-0.15, -0.1) is 21.5 Å². The number of aromatic nitrogens is 3. The van der Waals surface area contributed by atoms with Crippen molar-refractivity contribution in [3.63, 3.8) is 0 Å². The number of amides is 1. The molecule has 0 fully saturated rings. The van der Waals surface area contributed by atoms with Crippen LogP contribution in [0, 0.1) is 13.8 Å². The van der Waals surface area contributed by atoms with Crippen LogP contribution in [0.15, 0.2) is 65.1 Å². The van der Waals surface area contributed by atoms with E-state index in [1.165, 1.54) is 17.3 Å². The SMILES string of the molecule is Cc1ccc(-n2c(SCC(=O)Nc3ccc(Cl)cc3)nnc2-c2cccs2)c(C)c1. The summed E-state index contributed by atoms with van der Waals surface area (Å²) in [6, 6.07) is 17.3. The Balaban J connectivity index is 1.60. The summed E-state index contributed by atoms with van der Waals surface area (Å²) in [6.07, 6.45) is 0. The van der Waals surface area contributed by atoms with Crippen LogP contribution < -0.4 is 5.32 Å². The van der Waals surface area contributed by atoms with Crippen LogP contribution in [0.1, 0.15) is 11.1 Å². The molecule has 0 aliphatic heterocycles. The molecule has 0 saturated heterocycles. The van der Waals surface area contributed by atoms with Crippen LogP contribution in [-0.4, -0.2) is 26.4 Å². The summed E-state index contributed by atoms with van der Waals surface area (Å²) < 4.78 is 2.03. The van der Waals surface area contributed by atoms with E-state index in [-0.39, 0.29) is 11.7 Å². The molecule has 5 nitrogen and oxygen atoms in total. The number of carbonyl (C=O) groups excluding carboxylic acids is 1. The maximum Gasteiger partial charge on any atom is 0.234 e. The van der Waals surface area contributed by atoms with E-state index in [4.69, 9.17) is 11.6 Å². The van der Waals surface area contributed by atoms with E-state index in [2.05, 4.69) is 47.6 Å². The molecule has 152 valence electrons. The smallest absolute Gasteiger partial charge is 0.234 e. The van der Waals surface area contributed by atoms with Crippen LogP contribution >= 0.6 is 34.7 Å². The van der Waals surface area contributed by atoms with Crippen molar-refractivity contribution >= 4 is 46.3 Å². The lowest BCUT2D eigenvalue weighted by atomic mass is 10.1. The number of hydrogen-bond donors (Lipinski definition) is 1. The predicted molar refractivity (Wildman–Crippen MR) is 125 cm³/mol. The molecule has 0 aliphatic carbocycles. The molecule has 0 bridgehead atoms. The third-order valence-electron chi connectivity index (χ3n) is 4.43. The van der Waals surface area contributed by atoms with Gasteiger partial charge >= 0.3 is 0 Å². The lowest BCUT2D eigenvalue weighted by Crippen LogP contribution is -2.14. The van der Waals surface area contributed by atoms with Crippen molar-refractivity contribution in [2.24, 2.45) is 0 Å². The molecule has 2 heterocycles. The number of nitrogens with one attached hydrogen (secondary N) is 1. The van der Waals surface area contributed by atoms with Gasteiger partial charge in [-0.1, -0.05) is 47.1 Å². The highest BCUT2D eigenvalue weighted by atomic mass is 35.5. The molecule has 0 unspecified atom stereocenters. The Labute approximate surface area is 188 Å². The maximum absolute atomic E-state index is 12.4. The van der Waals surface area contributed by atoms with Crippen molar-refractivity contribution in [2.45, 2.75) is 19.0 Å². The Morgan fingerprint density at radius 3 is 2.63 bits per heavy atom. The monoisotopic (exact) mass is 454 g/mol. The second kappa shape index (κ2) is 9.04. The number of halogens is 1. The third kappa shape index (κ3) is 4.59. The van der Waals surface area contributed by atoms with Gasteiger partial charge in [0.05, 0.1) is 16.3 Å². The Kier molecular flexibility index (Phi) is 6.22. The van der Waals surface area contributed by atoms with Gasteiger partial charge < -0.3 is 5.32 Å². The van der Waals surface area contributed by atoms with Crippen LogP contribution in [0.4, 0.5) is 5.69 Å². The first kappa shape index (κ1) is 20.7. The van der Waals surface area contributed by atoms with E-state index in [1.54, 1.807) is 35.6 Å². The van der Waals surface area contributed by atoms with Gasteiger partial charge in [0.25, 0.3) is 0 Å². The number of nitrogens with zero attached hydrogens (tertiary/aromatic N) is 3. The highest BCUT2D eigenvalue weighted by Gasteiger charge is 2.19. The fourth-order valence-electron chi connectivity index (χ4n) is 3.06. The molecule has 0 aliphatic rings. The number of benzene rings is 2. The summed E-state index contributed by atoms with van der Waals surface area (Å²) in [7, 11) is 0. The topological polar surface area (TPSA) is 59.8 Å². The Hall–Kier alpha value is -2.61. The normalized spacial score (nSPS) is 10.9. The van der Waals surface area contributed by atoms with E-state index >= 15 is 0 Å². The Bertz CT molecular complexity index is 1170. The second-order valence-corrected chi connectivity index (χ2v) is 9.08. The lowest BCUT2D eigenvalue weighted by Gasteiger charge is -2.13. The van der Waals surface area contributed by atoms with E-state index in [1.807, 2.05) is 22.1 Å². The van der Waals surface area contributed by atoms with Crippen LogP contribution in [0.25, 0.3) is 16.4 Å². The zero-order valence-corrected chi connectivity index (χ0v) is 18.8. The first-order valence-corrected chi connectivity index (χ1v) is 11.5. The number of aryl methyl sites for hydroxylation is 2. The van der Waals surface area contributed by atoms with Crippen LogP contribution in [0.5, 0.6) is 0 Å². The molecule has 0 atom stereocenters. The minimum Gasteiger partial charge on any atom is -0.325 e. The zero-order valence-electron chi connectivity index (χ0n) is 16.4. The average molecular weight is 455 g/mol. The highest BCUT2D eigenvalue weighted by molar-refractivity contribution is 7.99. The molecule has 1 N–H and O–H groups in total. The number of thiophene rings is 1. The first-order valence-electron chi connectivity index (χ1n) is 9.26. The summed E-state index contributed by atoms with van der Waals surface area (Å²) in [5.41, 5.74) is 4.04. The molecule has 0 saturated carbocycles. The molecule has 1 amide bonds. The second-order valence-electron chi connectivity index (χ2n) is 6.75. The fraction of sp³-hybridized carbons (Fsp3) is 0.136. The number of thioether (sulfide) groups is 1. The molecular weight excluding hydrogens is 436 g/mol. The van der Waals surface area contributed by atoms with Crippen molar-refractivity contribution in [1.82, 2.24) is 14.8 Å². The summed E-state index contributed by atoms with van der Waals surface area (Å²) in [6.45, 7) is 4.14. The van der Waals surface area contributed by atoms with Crippen molar-refractivity contribution < 1.29 is 4.79 Å². The van der Waals surface area contributed by atoms with Gasteiger partial charge in [-0.05, 0) is 61.2 Å². The van der Waals surface area contributed by atoms with Crippen molar-refractivity contribution in [3.05, 3.63) is 76.1 Å². The minimum atomic E-state index is -0.116. The number of anilines is 1. The molecule has 2 aromatic carbocycles. The van der Waals surface area contributed by atoms with Crippen molar-refractivity contribution in [1.29, 1.82) is 0 Å². The highest BCUT2D eigenvalue weighted by Crippen LogP contribution is 2.32. The maximum atomic E-state index is 12.4. The summed E-state index contributed by atoms with van der Waals surface area (Å²) in [5, 5.41) is 15.0. The van der Waals surface area contributed by atoms with Crippen molar-refractivity contribution in [3.8, 4) is 16.4 Å². The van der Waals surface area contributed by atoms with Gasteiger partial charge in [0, 0.05) is 10.7 Å². The number of rotatable bonds is 6. The van der Waals surface area contributed by atoms with E-state index < -0.39 is 0 Å². The molecule has 8 heteroatoms. The van der Waals surface area contributed by atoms with Crippen LogP contribution in [0.3, 0.4) is 0 Å². The average Bonchev–Trinajstić information content (AvgIpc) is 3.38. The summed E-state index contributed by atoms with van der Waals surface area (Å²) >= 11 is 8.87. The van der Waals surface area contributed by atoms with E-state index in [9.17, 15) is 4.79 Å². The third-order valence-corrected chi connectivity index (χ3v) is 6.48. The molecule has 2 aromatic heterocycles. The van der Waals surface area contributed by atoms with E-state index in [0.717, 1.165) is 22.0 Å². The number of carbonyl (C=O) groups is 1. The molecule has 0 radical (unpaired) electrons. The molecule has 4 aromatic rings. The quantitative estimate of drug-likeness (QED) is 0.363. The van der Waals surface area contributed by atoms with Crippen LogP contribution in [0.2, 0.25) is 5.02 Å². The molecule has 4 rings (SSSR count). The Morgan fingerprint density at radius 2 is 1.93 bits per heavy atom.